The van der Waals surface area contributed by atoms with E-state index in [1.165, 1.54) is 146 Å². The van der Waals surface area contributed by atoms with E-state index in [1.54, 1.807) is 0 Å². The molecule has 0 aliphatic carbocycles. The number of ether oxygens (including phenoxy) is 1. The standard InChI is InChI=1S/C30H50O5S/c1-2-3-4-5-6-7-8-9-10-11-12-13-14-15-16-17-18-19-20-21-22-23-30(31)35-28-24-26-29(27-25-28)36(32,33)34/h22-27H,2-21H2,1H3,(H,32,33,34). The molecule has 36 heavy (non-hydrogen) atoms. The molecule has 0 aliphatic heterocycles. The Morgan fingerprint density at radius 1 is 0.694 bits per heavy atom. The van der Waals surface area contributed by atoms with Crippen molar-refractivity contribution in [2.45, 2.75) is 140 Å². The van der Waals surface area contributed by atoms with Crippen LogP contribution in [0.1, 0.15) is 135 Å². The predicted molar refractivity (Wildman–Crippen MR) is 149 cm³/mol. The highest BCUT2D eigenvalue weighted by Crippen LogP contribution is 2.17. The highest BCUT2D eigenvalue weighted by Gasteiger charge is 2.09. The Hall–Kier alpha value is -1.66. The summed E-state index contributed by atoms with van der Waals surface area (Å²) in [5, 5.41) is 0. The molecule has 1 aromatic carbocycles. The van der Waals surface area contributed by atoms with Crippen molar-refractivity contribution in [3.8, 4) is 5.75 Å². The molecule has 0 heterocycles. The number of hydrogen-bond donors (Lipinski definition) is 1. The lowest BCUT2D eigenvalue weighted by molar-refractivity contribution is -0.129. The van der Waals surface area contributed by atoms with Crippen molar-refractivity contribution in [2.75, 3.05) is 0 Å². The van der Waals surface area contributed by atoms with E-state index in [-0.39, 0.29) is 10.6 Å². The van der Waals surface area contributed by atoms with Gasteiger partial charge in [0.1, 0.15) is 5.75 Å². The van der Waals surface area contributed by atoms with E-state index >= 15 is 0 Å². The Morgan fingerprint density at radius 3 is 1.47 bits per heavy atom. The van der Waals surface area contributed by atoms with Crippen LogP contribution in [0.5, 0.6) is 5.75 Å². The van der Waals surface area contributed by atoms with Crippen LogP contribution in [0, 0.1) is 0 Å². The molecule has 6 heteroatoms. The van der Waals surface area contributed by atoms with Crippen LogP contribution in [0.25, 0.3) is 0 Å². The summed E-state index contributed by atoms with van der Waals surface area (Å²) in [5.74, 6) is -0.257. The number of unbranched alkanes of at least 4 members (excludes halogenated alkanes) is 19. The number of carbonyl (C=O) groups excluding carboxylic acids is 1. The summed E-state index contributed by atoms with van der Waals surface area (Å²) in [6, 6.07) is 5.07. The van der Waals surface area contributed by atoms with Gasteiger partial charge in [0, 0.05) is 6.08 Å². The highest BCUT2D eigenvalue weighted by atomic mass is 32.2. The van der Waals surface area contributed by atoms with Gasteiger partial charge in [0.15, 0.2) is 0 Å². The second-order valence-electron chi connectivity index (χ2n) is 9.92. The number of carbonyl (C=O) groups is 1. The van der Waals surface area contributed by atoms with Crippen LogP contribution in [-0.4, -0.2) is 18.9 Å². The van der Waals surface area contributed by atoms with Gasteiger partial charge >= 0.3 is 5.97 Å². The zero-order valence-electron chi connectivity index (χ0n) is 22.6. The zero-order valence-corrected chi connectivity index (χ0v) is 23.4. The molecule has 1 aromatic rings. The maximum Gasteiger partial charge on any atom is 0.335 e. The van der Waals surface area contributed by atoms with E-state index in [2.05, 4.69) is 6.92 Å². The molecule has 0 saturated heterocycles. The van der Waals surface area contributed by atoms with Crippen LogP contribution in [0.15, 0.2) is 41.3 Å². The summed E-state index contributed by atoms with van der Waals surface area (Å²) in [6.45, 7) is 2.28. The van der Waals surface area contributed by atoms with E-state index in [9.17, 15) is 13.2 Å². The van der Waals surface area contributed by atoms with Gasteiger partial charge in [0.2, 0.25) is 0 Å². The van der Waals surface area contributed by atoms with Crippen molar-refractivity contribution in [1.82, 2.24) is 0 Å². The molecule has 0 fully saturated rings. The van der Waals surface area contributed by atoms with Crippen LogP contribution < -0.4 is 4.74 Å². The number of benzene rings is 1. The van der Waals surface area contributed by atoms with E-state index in [1.807, 2.05) is 6.08 Å². The minimum Gasteiger partial charge on any atom is -0.423 e. The maximum absolute atomic E-state index is 11.8. The fourth-order valence-corrected chi connectivity index (χ4v) is 4.83. The molecule has 5 nitrogen and oxygen atoms in total. The summed E-state index contributed by atoms with van der Waals surface area (Å²) in [7, 11) is -4.24. The maximum atomic E-state index is 11.8. The van der Waals surface area contributed by atoms with E-state index in [0.717, 1.165) is 12.8 Å². The Kier molecular flexibility index (Phi) is 19.3. The third-order valence-corrected chi connectivity index (χ3v) is 7.44. The average molecular weight is 523 g/mol. The van der Waals surface area contributed by atoms with Crippen LogP contribution in [0.3, 0.4) is 0 Å². The molecule has 0 atom stereocenters. The lowest BCUT2D eigenvalue weighted by Gasteiger charge is -2.04. The van der Waals surface area contributed by atoms with Crippen LogP contribution >= 0.6 is 0 Å². The van der Waals surface area contributed by atoms with Crippen molar-refractivity contribution in [1.29, 1.82) is 0 Å². The van der Waals surface area contributed by atoms with Crippen LogP contribution in [0.2, 0.25) is 0 Å². The lowest BCUT2D eigenvalue weighted by Crippen LogP contribution is -2.04. The monoisotopic (exact) mass is 522 g/mol. The van der Waals surface area contributed by atoms with Crippen molar-refractivity contribution in [3.63, 3.8) is 0 Å². The van der Waals surface area contributed by atoms with Crippen molar-refractivity contribution >= 4 is 16.1 Å². The Bertz CT molecular complexity index is 799. The fraction of sp³-hybridized carbons (Fsp3) is 0.700. The molecule has 206 valence electrons. The molecule has 0 amide bonds. The molecule has 0 bridgehead atoms. The van der Waals surface area contributed by atoms with E-state index in [0.29, 0.717) is 0 Å². The number of esters is 1. The van der Waals surface area contributed by atoms with Gasteiger partial charge in [-0.1, -0.05) is 129 Å². The largest absolute Gasteiger partial charge is 0.423 e. The lowest BCUT2D eigenvalue weighted by atomic mass is 10.0. The molecule has 0 aliphatic rings. The molecule has 0 spiro atoms. The highest BCUT2D eigenvalue weighted by molar-refractivity contribution is 7.85. The van der Waals surface area contributed by atoms with Gasteiger partial charge < -0.3 is 4.74 Å². The summed E-state index contributed by atoms with van der Waals surface area (Å²) in [5.41, 5.74) is 0. The SMILES string of the molecule is CCCCCCCCCCCCCCCCCCCCCC=CC(=O)Oc1ccc(S(=O)(=O)O)cc1. The van der Waals surface area contributed by atoms with Crippen molar-refractivity contribution in [2.24, 2.45) is 0 Å². The van der Waals surface area contributed by atoms with Gasteiger partial charge in [-0.05, 0) is 37.1 Å². The average Bonchev–Trinajstić information content (AvgIpc) is 2.84. The first-order valence-corrected chi connectivity index (χ1v) is 15.8. The van der Waals surface area contributed by atoms with E-state index < -0.39 is 16.1 Å². The Balaban J connectivity index is 1.86. The fourth-order valence-electron chi connectivity index (χ4n) is 4.35. The van der Waals surface area contributed by atoms with Crippen LogP contribution in [-0.2, 0) is 14.9 Å². The Labute approximate surface area is 220 Å². The van der Waals surface area contributed by atoms with Gasteiger partial charge in [-0.15, -0.1) is 0 Å². The van der Waals surface area contributed by atoms with Gasteiger partial charge in [-0.3, -0.25) is 4.55 Å². The number of rotatable bonds is 23. The molecule has 1 rings (SSSR count). The number of hydrogen-bond acceptors (Lipinski definition) is 4. The second-order valence-corrected chi connectivity index (χ2v) is 11.3. The van der Waals surface area contributed by atoms with Gasteiger partial charge in [-0.2, -0.15) is 8.42 Å². The molecule has 0 aromatic heterocycles. The summed E-state index contributed by atoms with van der Waals surface area (Å²) >= 11 is 0. The first-order valence-electron chi connectivity index (χ1n) is 14.4. The quantitative estimate of drug-likeness (QED) is 0.0509. The summed E-state index contributed by atoms with van der Waals surface area (Å²) in [4.78, 5) is 11.6. The van der Waals surface area contributed by atoms with Crippen molar-refractivity contribution < 1.29 is 22.5 Å². The van der Waals surface area contributed by atoms with Crippen molar-refractivity contribution in [3.05, 3.63) is 36.4 Å². The van der Waals surface area contributed by atoms with Gasteiger partial charge in [-0.25, -0.2) is 4.79 Å². The van der Waals surface area contributed by atoms with Crippen LogP contribution in [0.4, 0.5) is 0 Å². The predicted octanol–water partition coefficient (Wildman–Crippen LogP) is 9.22. The molecule has 0 unspecified atom stereocenters. The minimum atomic E-state index is -4.24. The first kappa shape index (κ1) is 32.4. The number of allylic oxidation sites excluding steroid dienone is 1. The summed E-state index contributed by atoms with van der Waals surface area (Å²) < 4.78 is 36.1. The molecular weight excluding hydrogens is 472 g/mol. The third-order valence-electron chi connectivity index (χ3n) is 6.57. The Morgan fingerprint density at radius 2 is 1.08 bits per heavy atom. The summed E-state index contributed by atoms with van der Waals surface area (Å²) in [6.07, 6.45) is 29.9. The molecule has 1 N–H and O–H groups in total. The topological polar surface area (TPSA) is 80.7 Å². The third kappa shape index (κ3) is 18.6. The minimum absolute atomic E-state index is 0.234. The first-order chi connectivity index (χ1) is 17.4. The molecular formula is C30H50O5S. The van der Waals surface area contributed by atoms with Gasteiger partial charge in [0.25, 0.3) is 10.1 Å². The normalized spacial score (nSPS) is 11.8. The van der Waals surface area contributed by atoms with E-state index in [4.69, 9.17) is 9.29 Å². The second kappa shape index (κ2) is 21.4. The van der Waals surface area contributed by atoms with Gasteiger partial charge in [0.05, 0.1) is 4.90 Å². The smallest absolute Gasteiger partial charge is 0.335 e. The molecule has 0 saturated carbocycles. The molecule has 0 radical (unpaired) electrons. The zero-order chi connectivity index (χ0) is 26.3.